The lowest BCUT2D eigenvalue weighted by molar-refractivity contribution is -0.152. The van der Waals surface area contributed by atoms with Crippen LogP contribution in [-0.2, 0) is 35.1 Å². The predicted molar refractivity (Wildman–Crippen MR) is 135 cm³/mol. The summed E-state index contributed by atoms with van der Waals surface area (Å²) in [5.41, 5.74) is 0.0326. The maximum absolute atomic E-state index is 12.5. The molecule has 0 radical (unpaired) electrons. The van der Waals surface area contributed by atoms with Crippen LogP contribution in [0, 0.1) is 17.3 Å². The summed E-state index contributed by atoms with van der Waals surface area (Å²) >= 11 is 0. The van der Waals surface area contributed by atoms with E-state index in [4.69, 9.17) is 18.9 Å². The summed E-state index contributed by atoms with van der Waals surface area (Å²) in [5, 5.41) is 3.04. The Balaban J connectivity index is 3.06. The molecule has 0 aliphatic rings. The van der Waals surface area contributed by atoms with Crippen LogP contribution < -0.4 is 14.8 Å². The molecule has 0 saturated heterocycles. The molecule has 1 rings (SSSR count). The van der Waals surface area contributed by atoms with Gasteiger partial charge in [0.25, 0.3) is 0 Å². The molecule has 3 atom stereocenters. The van der Waals surface area contributed by atoms with Crippen LogP contribution in [0.25, 0.3) is 0 Å². The number of nitrogens with one attached hydrogen (secondary N) is 1. The number of ether oxygens (including phenoxy) is 4. The Morgan fingerprint density at radius 2 is 1.44 bits per heavy atom. The first kappa shape index (κ1) is 31.1. The van der Waals surface area contributed by atoms with E-state index in [1.54, 1.807) is 52.8 Å². The molecule has 36 heavy (non-hydrogen) atoms. The normalized spacial score (nSPS) is 13.8. The number of hydrogen-bond donors (Lipinski definition) is 1. The summed E-state index contributed by atoms with van der Waals surface area (Å²) in [6.07, 6.45) is 1.40. The van der Waals surface area contributed by atoms with Gasteiger partial charge in [-0.15, -0.1) is 0 Å². The Hall–Kier alpha value is -2.94. The van der Waals surface area contributed by atoms with Crippen LogP contribution in [0.5, 0.6) is 11.5 Å². The van der Waals surface area contributed by atoms with Crippen molar-refractivity contribution in [1.29, 1.82) is 0 Å². The molecule has 0 fully saturated rings. The molecule has 1 aromatic rings. The van der Waals surface area contributed by atoms with Gasteiger partial charge in [0, 0.05) is 6.54 Å². The average molecular weight is 508 g/mol. The quantitative estimate of drug-likeness (QED) is 0.241. The zero-order chi connectivity index (χ0) is 27.5. The van der Waals surface area contributed by atoms with E-state index in [1.165, 1.54) is 7.11 Å². The molecule has 0 amide bonds. The second-order valence-corrected chi connectivity index (χ2v) is 9.86. The number of hydrogen-bond acceptors (Lipinski definition) is 9. The standard InChI is InChI=1S/C27H41NO8/c1-9-17(3)23(29)35-21-12-11-19(16-22(21)36-24(30)18(4)10-2)15-20(25(31)33-8)28-13-14-34-26(32)27(5,6)7/h11-12,16-18,20,28H,9-10,13-15H2,1-8H3/t17?,18?,20-/m0/s1. The smallest absolute Gasteiger partial charge is 0.323 e. The molecule has 0 bridgehead atoms. The van der Waals surface area contributed by atoms with E-state index in [2.05, 4.69) is 5.32 Å². The van der Waals surface area contributed by atoms with Gasteiger partial charge in [0.1, 0.15) is 12.6 Å². The highest BCUT2D eigenvalue weighted by Crippen LogP contribution is 2.31. The van der Waals surface area contributed by atoms with Crippen LogP contribution in [0.4, 0.5) is 0 Å². The van der Waals surface area contributed by atoms with Gasteiger partial charge in [0.15, 0.2) is 11.5 Å². The van der Waals surface area contributed by atoms with E-state index < -0.39 is 29.4 Å². The fourth-order valence-corrected chi connectivity index (χ4v) is 2.80. The molecule has 1 aromatic carbocycles. The summed E-state index contributed by atoms with van der Waals surface area (Å²) in [4.78, 5) is 49.1. The van der Waals surface area contributed by atoms with Gasteiger partial charge in [-0.25, -0.2) is 0 Å². The Morgan fingerprint density at radius 1 is 0.889 bits per heavy atom. The van der Waals surface area contributed by atoms with E-state index in [0.29, 0.717) is 18.4 Å². The van der Waals surface area contributed by atoms with Crippen molar-refractivity contribution in [2.75, 3.05) is 20.3 Å². The van der Waals surface area contributed by atoms with Gasteiger partial charge in [-0.05, 0) is 57.7 Å². The molecular formula is C27H41NO8. The lowest BCUT2D eigenvalue weighted by Crippen LogP contribution is -2.41. The molecule has 2 unspecified atom stereocenters. The van der Waals surface area contributed by atoms with Crippen LogP contribution in [0.2, 0.25) is 0 Å². The highest BCUT2D eigenvalue weighted by molar-refractivity contribution is 5.79. The number of rotatable bonds is 13. The molecule has 0 aromatic heterocycles. The van der Waals surface area contributed by atoms with Crippen molar-refractivity contribution >= 4 is 23.9 Å². The summed E-state index contributed by atoms with van der Waals surface area (Å²) in [6, 6.07) is 4.08. The highest BCUT2D eigenvalue weighted by Gasteiger charge is 2.25. The van der Waals surface area contributed by atoms with Gasteiger partial charge in [-0.2, -0.15) is 0 Å². The van der Waals surface area contributed by atoms with Crippen LogP contribution in [0.3, 0.4) is 0 Å². The van der Waals surface area contributed by atoms with Crippen molar-refractivity contribution in [2.45, 2.75) is 73.8 Å². The van der Waals surface area contributed by atoms with Crippen LogP contribution in [-0.4, -0.2) is 50.2 Å². The van der Waals surface area contributed by atoms with Crippen molar-refractivity contribution in [2.24, 2.45) is 17.3 Å². The largest absolute Gasteiger partial charge is 0.468 e. The van der Waals surface area contributed by atoms with Crippen LogP contribution >= 0.6 is 0 Å². The number of esters is 4. The predicted octanol–water partition coefficient (Wildman–Crippen LogP) is 3.85. The minimum absolute atomic E-state index is 0.0892. The van der Waals surface area contributed by atoms with Gasteiger partial charge in [-0.3, -0.25) is 19.2 Å². The number of carbonyl (C=O) groups is 4. The average Bonchev–Trinajstić information content (AvgIpc) is 2.84. The summed E-state index contributed by atoms with van der Waals surface area (Å²) in [5.74, 6) is -2.12. The number of methoxy groups -OCH3 is 1. The molecule has 1 N–H and O–H groups in total. The van der Waals surface area contributed by atoms with E-state index in [0.717, 1.165) is 0 Å². The van der Waals surface area contributed by atoms with Gasteiger partial charge >= 0.3 is 23.9 Å². The van der Waals surface area contributed by atoms with Crippen LogP contribution in [0.15, 0.2) is 18.2 Å². The molecule has 202 valence electrons. The first-order valence-electron chi connectivity index (χ1n) is 12.4. The third-order valence-corrected chi connectivity index (χ3v) is 5.72. The van der Waals surface area contributed by atoms with E-state index in [9.17, 15) is 19.2 Å². The second-order valence-electron chi connectivity index (χ2n) is 9.86. The molecule has 0 heterocycles. The van der Waals surface area contributed by atoms with E-state index in [-0.39, 0.29) is 48.9 Å². The minimum atomic E-state index is -0.741. The lowest BCUT2D eigenvalue weighted by atomic mass is 9.97. The highest BCUT2D eigenvalue weighted by atomic mass is 16.6. The maximum Gasteiger partial charge on any atom is 0.323 e. The Labute approximate surface area is 214 Å². The molecular weight excluding hydrogens is 466 g/mol. The molecule has 0 spiro atoms. The van der Waals surface area contributed by atoms with Gasteiger partial charge < -0.3 is 24.3 Å². The zero-order valence-electron chi connectivity index (χ0n) is 22.8. The SMILES string of the molecule is CCC(C)C(=O)Oc1ccc(C[C@H](NCCOC(=O)C(C)(C)C)C(=O)OC)cc1OC(=O)C(C)CC. The van der Waals surface area contributed by atoms with Crippen molar-refractivity contribution in [3.63, 3.8) is 0 Å². The molecule has 0 aliphatic carbocycles. The Bertz CT molecular complexity index is 906. The summed E-state index contributed by atoms with van der Waals surface area (Å²) < 4.78 is 21.2. The Kier molecular flexibility index (Phi) is 12.6. The van der Waals surface area contributed by atoms with Crippen molar-refractivity contribution < 1.29 is 38.1 Å². The van der Waals surface area contributed by atoms with Crippen molar-refractivity contribution in [1.82, 2.24) is 5.32 Å². The third kappa shape index (κ3) is 9.97. The van der Waals surface area contributed by atoms with Crippen molar-refractivity contribution in [3.05, 3.63) is 23.8 Å². The fourth-order valence-electron chi connectivity index (χ4n) is 2.80. The van der Waals surface area contributed by atoms with Crippen LogP contribution in [0.1, 0.15) is 66.9 Å². The Morgan fingerprint density at radius 3 is 1.94 bits per heavy atom. The monoisotopic (exact) mass is 507 g/mol. The zero-order valence-corrected chi connectivity index (χ0v) is 22.8. The number of carbonyl (C=O) groups excluding carboxylic acids is 4. The van der Waals surface area contributed by atoms with Gasteiger partial charge in [0.05, 0.1) is 24.4 Å². The second kappa shape index (κ2) is 14.6. The third-order valence-electron chi connectivity index (χ3n) is 5.72. The lowest BCUT2D eigenvalue weighted by Gasteiger charge is -2.20. The number of benzene rings is 1. The first-order valence-corrected chi connectivity index (χ1v) is 12.4. The minimum Gasteiger partial charge on any atom is -0.468 e. The van der Waals surface area contributed by atoms with E-state index >= 15 is 0 Å². The topological polar surface area (TPSA) is 117 Å². The van der Waals surface area contributed by atoms with Gasteiger partial charge in [0.2, 0.25) is 0 Å². The molecule has 9 nitrogen and oxygen atoms in total. The first-order chi connectivity index (χ1) is 16.8. The molecule has 0 saturated carbocycles. The van der Waals surface area contributed by atoms with Crippen molar-refractivity contribution in [3.8, 4) is 11.5 Å². The summed E-state index contributed by atoms with van der Waals surface area (Å²) in [7, 11) is 1.29. The molecule has 0 aliphatic heterocycles. The molecule has 9 heteroatoms. The summed E-state index contributed by atoms with van der Waals surface area (Å²) in [6.45, 7) is 12.9. The fraction of sp³-hybridized carbons (Fsp3) is 0.630. The maximum atomic E-state index is 12.5. The van der Waals surface area contributed by atoms with E-state index in [1.807, 2.05) is 13.8 Å². The van der Waals surface area contributed by atoms with Gasteiger partial charge in [-0.1, -0.05) is 33.8 Å².